The van der Waals surface area contributed by atoms with Crippen LogP contribution in [0.1, 0.15) is 5.56 Å². The fraction of sp³-hybridized carbons (Fsp3) is 0.333. The maximum atomic E-state index is 13.2. The number of rotatable bonds is 5. The molecule has 0 saturated carbocycles. The second-order valence-electron chi connectivity index (χ2n) is 6.64. The minimum Gasteiger partial charge on any atom is -0.379 e. The average Bonchev–Trinajstić information content (AvgIpc) is 2.70. The van der Waals surface area contributed by atoms with Crippen molar-refractivity contribution in [1.82, 2.24) is 14.5 Å². The molecule has 3 aromatic rings. The van der Waals surface area contributed by atoms with Crippen LogP contribution in [-0.2, 0) is 4.74 Å². The van der Waals surface area contributed by atoms with E-state index in [2.05, 4.69) is 4.90 Å². The van der Waals surface area contributed by atoms with Gasteiger partial charge < -0.3 is 4.74 Å². The number of thioether (sulfide) groups is 1. The molecule has 2 heterocycles. The van der Waals surface area contributed by atoms with Gasteiger partial charge in [-0.1, -0.05) is 42.1 Å². The summed E-state index contributed by atoms with van der Waals surface area (Å²) in [6, 6.07) is 15.5. The molecule has 140 valence electrons. The van der Waals surface area contributed by atoms with Crippen LogP contribution in [0.4, 0.5) is 0 Å². The minimum atomic E-state index is -0.0104. The normalized spacial score (nSPS) is 15.3. The van der Waals surface area contributed by atoms with E-state index in [4.69, 9.17) is 9.72 Å². The van der Waals surface area contributed by atoms with Crippen molar-refractivity contribution >= 4 is 22.7 Å². The molecule has 0 aliphatic carbocycles. The lowest BCUT2D eigenvalue weighted by Crippen LogP contribution is -2.37. The zero-order valence-electron chi connectivity index (χ0n) is 15.4. The first-order valence-corrected chi connectivity index (χ1v) is 10.2. The molecular formula is C21H23N3O2S. The Hall–Kier alpha value is -2.15. The molecule has 27 heavy (non-hydrogen) atoms. The third kappa shape index (κ3) is 3.93. The van der Waals surface area contributed by atoms with Crippen LogP contribution >= 0.6 is 11.8 Å². The Morgan fingerprint density at radius 2 is 1.81 bits per heavy atom. The lowest BCUT2D eigenvalue weighted by molar-refractivity contribution is 0.0410. The van der Waals surface area contributed by atoms with Crippen LogP contribution in [0.25, 0.3) is 16.6 Å². The lowest BCUT2D eigenvalue weighted by atomic mass is 10.2. The highest BCUT2D eigenvalue weighted by atomic mass is 32.2. The van der Waals surface area contributed by atoms with Crippen molar-refractivity contribution in [2.75, 3.05) is 38.6 Å². The maximum Gasteiger partial charge on any atom is 0.266 e. The second-order valence-corrected chi connectivity index (χ2v) is 7.70. The van der Waals surface area contributed by atoms with Crippen molar-refractivity contribution in [1.29, 1.82) is 0 Å². The van der Waals surface area contributed by atoms with Gasteiger partial charge in [0, 0.05) is 25.4 Å². The van der Waals surface area contributed by atoms with Gasteiger partial charge in [0.2, 0.25) is 0 Å². The number of aryl methyl sites for hydroxylation is 1. The summed E-state index contributed by atoms with van der Waals surface area (Å²) in [5.74, 6) is 0.886. The van der Waals surface area contributed by atoms with Crippen LogP contribution in [0, 0.1) is 6.92 Å². The summed E-state index contributed by atoms with van der Waals surface area (Å²) in [5.41, 5.74) is 2.70. The molecular weight excluding hydrogens is 358 g/mol. The van der Waals surface area contributed by atoms with Crippen LogP contribution in [0.15, 0.2) is 58.5 Å². The summed E-state index contributed by atoms with van der Waals surface area (Å²) in [6.45, 7) is 6.52. The van der Waals surface area contributed by atoms with Crippen molar-refractivity contribution in [3.05, 3.63) is 64.4 Å². The standard InChI is InChI=1S/C21H23N3O2S/c1-16-6-2-5-9-19(16)24-20(25)17-7-3-4-8-18(17)22-21(24)27-15-12-23-10-13-26-14-11-23/h2-9H,10-15H2,1H3. The number of ether oxygens (including phenoxy) is 1. The summed E-state index contributed by atoms with van der Waals surface area (Å²) in [5, 5.41) is 1.40. The number of para-hydroxylation sites is 2. The number of nitrogens with zero attached hydrogens (tertiary/aromatic N) is 3. The molecule has 2 aromatic carbocycles. The molecule has 5 nitrogen and oxygen atoms in total. The molecule has 0 spiro atoms. The minimum absolute atomic E-state index is 0.0104. The number of fused-ring (bicyclic) bond motifs is 1. The van der Waals surface area contributed by atoms with E-state index in [9.17, 15) is 4.79 Å². The Balaban J connectivity index is 1.70. The van der Waals surface area contributed by atoms with E-state index in [1.165, 1.54) is 0 Å². The van der Waals surface area contributed by atoms with Gasteiger partial charge in [-0.25, -0.2) is 4.98 Å². The zero-order valence-corrected chi connectivity index (χ0v) is 16.2. The first kappa shape index (κ1) is 18.2. The van der Waals surface area contributed by atoms with Crippen molar-refractivity contribution in [2.24, 2.45) is 0 Å². The van der Waals surface area contributed by atoms with Gasteiger partial charge in [0.1, 0.15) is 0 Å². The summed E-state index contributed by atoms with van der Waals surface area (Å²) in [7, 11) is 0. The molecule has 0 bridgehead atoms. The van der Waals surface area contributed by atoms with E-state index in [1.54, 1.807) is 16.3 Å². The molecule has 0 radical (unpaired) electrons. The Labute approximate surface area is 163 Å². The van der Waals surface area contributed by atoms with Crippen LogP contribution in [0.2, 0.25) is 0 Å². The highest BCUT2D eigenvalue weighted by Crippen LogP contribution is 2.23. The first-order chi connectivity index (χ1) is 13.2. The van der Waals surface area contributed by atoms with E-state index >= 15 is 0 Å². The Morgan fingerprint density at radius 3 is 2.63 bits per heavy atom. The smallest absolute Gasteiger partial charge is 0.266 e. The molecule has 0 unspecified atom stereocenters. The predicted octanol–water partition coefficient (Wildman–Crippen LogP) is 3.12. The van der Waals surface area contributed by atoms with E-state index < -0.39 is 0 Å². The Kier molecular flexibility index (Phi) is 5.57. The van der Waals surface area contributed by atoms with Gasteiger partial charge >= 0.3 is 0 Å². The quantitative estimate of drug-likeness (QED) is 0.502. The largest absolute Gasteiger partial charge is 0.379 e. The van der Waals surface area contributed by atoms with Crippen molar-refractivity contribution in [3.63, 3.8) is 0 Å². The average molecular weight is 382 g/mol. The van der Waals surface area contributed by atoms with E-state index in [-0.39, 0.29) is 5.56 Å². The Bertz CT molecular complexity index is 996. The number of benzene rings is 2. The lowest BCUT2D eigenvalue weighted by Gasteiger charge is -2.26. The van der Waals surface area contributed by atoms with Gasteiger partial charge in [0.05, 0.1) is 29.8 Å². The first-order valence-electron chi connectivity index (χ1n) is 9.25. The van der Waals surface area contributed by atoms with Crippen LogP contribution in [0.3, 0.4) is 0 Å². The van der Waals surface area contributed by atoms with Crippen molar-refractivity contribution in [3.8, 4) is 5.69 Å². The monoisotopic (exact) mass is 381 g/mol. The number of morpholine rings is 1. The van der Waals surface area contributed by atoms with Gasteiger partial charge in [0.15, 0.2) is 5.16 Å². The molecule has 6 heteroatoms. The van der Waals surface area contributed by atoms with Crippen molar-refractivity contribution < 1.29 is 4.74 Å². The molecule has 1 aliphatic heterocycles. The molecule has 0 atom stereocenters. The summed E-state index contributed by atoms with van der Waals surface area (Å²) >= 11 is 1.64. The van der Waals surface area contributed by atoms with Crippen LogP contribution in [0.5, 0.6) is 0 Å². The molecule has 0 amide bonds. The van der Waals surface area contributed by atoms with E-state index in [0.717, 1.165) is 60.5 Å². The third-order valence-electron chi connectivity index (χ3n) is 4.84. The van der Waals surface area contributed by atoms with Crippen LogP contribution in [-0.4, -0.2) is 53.1 Å². The summed E-state index contributed by atoms with van der Waals surface area (Å²) in [6.07, 6.45) is 0. The predicted molar refractivity (Wildman–Crippen MR) is 110 cm³/mol. The molecule has 1 saturated heterocycles. The van der Waals surface area contributed by atoms with Crippen molar-refractivity contribution in [2.45, 2.75) is 12.1 Å². The summed E-state index contributed by atoms with van der Waals surface area (Å²) in [4.78, 5) is 20.5. The summed E-state index contributed by atoms with van der Waals surface area (Å²) < 4.78 is 7.18. The van der Waals surface area contributed by atoms with E-state index in [0.29, 0.717) is 5.39 Å². The zero-order chi connectivity index (χ0) is 18.6. The van der Waals surface area contributed by atoms with Gasteiger partial charge in [-0.05, 0) is 30.7 Å². The molecule has 4 rings (SSSR count). The van der Waals surface area contributed by atoms with Gasteiger partial charge in [-0.15, -0.1) is 0 Å². The topological polar surface area (TPSA) is 47.4 Å². The molecule has 0 N–H and O–H groups in total. The Morgan fingerprint density at radius 1 is 1.07 bits per heavy atom. The fourth-order valence-corrected chi connectivity index (χ4v) is 4.33. The number of aromatic nitrogens is 2. The maximum absolute atomic E-state index is 13.2. The SMILES string of the molecule is Cc1ccccc1-n1c(SCCN2CCOCC2)nc2ccccc2c1=O. The second kappa shape index (κ2) is 8.25. The van der Waals surface area contributed by atoms with Gasteiger partial charge in [-0.2, -0.15) is 0 Å². The van der Waals surface area contributed by atoms with Gasteiger partial charge in [0.25, 0.3) is 5.56 Å². The fourth-order valence-electron chi connectivity index (χ4n) is 3.33. The molecule has 1 aliphatic rings. The highest BCUT2D eigenvalue weighted by Gasteiger charge is 2.16. The molecule has 1 fully saturated rings. The highest BCUT2D eigenvalue weighted by molar-refractivity contribution is 7.99. The van der Waals surface area contributed by atoms with Crippen LogP contribution < -0.4 is 5.56 Å². The van der Waals surface area contributed by atoms with Gasteiger partial charge in [-0.3, -0.25) is 14.3 Å². The molecule has 1 aromatic heterocycles. The van der Waals surface area contributed by atoms with E-state index in [1.807, 2.05) is 55.5 Å². The third-order valence-corrected chi connectivity index (χ3v) is 5.76. The number of hydrogen-bond acceptors (Lipinski definition) is 5. The number of hydrogen-bond donors (Lipinski definition) is 0.